The molecule has 1 amide bonds. The predicted molar refractivity (Wildman–Crippen MR) is 75.7 cm³/mol. The zero-order valence-electron chi connectivity index (χ0n) is 11.2. The summed E-state index contributed by atoms with van der Waals surface area (Å²) in [7, 11) is 0. The van der Waals surface area contributed by atoms with Gasteiger partial charge in [-0.2, -0.15) is 0 Å². The summed E-state index contributed by atoms with van der Waals surface area (Å²) in [5, 5.41) is 2.99. The Morgan fingerprint density at radius 3 is 2.37 bits per heavy atom. The van der Waals surface area contributed by atoms with Crippen LogP contribution in [-0.4, -0.2) is 10.9 Å². The average Bonchev–Trinajstić information content (AvgIpc) is 2.48. The second-order valence-corrected chi connectivity index (χ2v) is 4.62. The fourth-order valence-electron chi connectivity index (χ4n) is 1.94. The van der Waals surface area contributed by atoms with Crippen LogP contribution in [0.5, 0.6) is 0 Å². The Balaban J connectivity index is 2.02. The van der Waals surface area contributed by atoms with Crippen molar-refractivity contribution < 1.29 is 4.79 Å². The van der Waals surface area contributed by atoms with Crippen LogP contribution in [0.25, 0.3) is 0 Å². The van der Waals surface area contributed by atoms with Crippen molar-refractivity contribution in [1.29, 1.82) is 0 Å². The highest BCUT2D eigenvalue weighted by atomic mass is 16.1. The summed E-state index contributed by atoms with van der Waals surface area (Å²) in [4.78, 5) is 16.4. The molecular weight excluding hydrogens is 236 g/mol. The van der Waals surface area contributed by atoms with E-state index in [2.05, 4.69) is 10.3 Å². The van der Waals surface area contributed by atoms with E-state index < -0.39 is 0 Å². The Labute approximate surface area is 113 Å². The fourth-order valence-corrected chi connectivity index (χ4v) is 1.94. The number of pyridine rings is 1. The summed E-state index contributed by atoms with van der Waals surface area (Å²) in [6.07, 6.45) is 1.73. The second-order valence-electron chi connectivity index (χ2n) is 4.62. The molecular formula is C16H18N2O. The Morgan fingerprint density at radius 2 is 1.74 bits per heavy atom. The number of amides is 1. The molecule has 1 aromatic heterocycles. The van der Waals surface area contributed by atoms with E-state index in [0.29, 0.717) is 0 Å². The van der Waals surface area contributed by atoms with Gasteiger partial charge in [0.1, 0.15) is 0 Å². The number of rotatable bonds is 4. The first-order valence-electron chi connectivity index (χ1n) is 6.44. The van der Waals surface area contributed by atoms with Gasteiger partial charge < -0.3 is 5.32 Å². The molecule has 98 valence electrons. The Morgan fingerprint density at radius 1 is 1.05 bits per heavy atom. The molecule has 0 aliphatic carbocycles. The summed E-state index contributed by atoms with van der Waals surface area (Å²) in [6, 6.07) is 15.4. The Kier molecular flexibility index (Phi) is 4.29. The van der Waals surface area contributed by atoms with Crippen molar-refractivity contribution in [3.63, 3.8) is 0 Å². The zero-order valence-corrected chi connectivity index (χ0v) is 11.2. The number of nitrogens with one attached hydrogen (secondary N) is 1. The molecule has 1 heterocycles. The zero-order chi connectivity index (χ0) is 13.7. The number of hydrogen-bond donors (Lipinski definition) is 1. The van der Waals surface area contributed by atoms with E-state index in [1.54, 1.807) is 6.20 Å². The van der Waals surface area contributed by atoms with Crippen LogP contribution in [0.1, 0.15) is 37.1 Å². The third-order valence-corrected chi connectivity index (χ3v) is 3.18. The van der Waals surface area contributed by atoms with E-state index in [1.807, 2.05) is 62.4 Å². The maximum Gasteiger partial charge on any atom is 0.227 e. The van der Waals surface area contributed by atoms with E-state index in [4.69, 9.17) is 0 Å². The highest BCUT2D eigenvalue weighted by Crippen LogP contribution is 2.16. The Hall–Kier alpha value is -2.16. The molecule has 0 saturated carbocycles. The molecule has 1 N–H and O–H groups in total. The van der Waals surface area contributed by atoms with Crippen molar-refractivity contribution in [3.8, 4) is 0 Å². The van der Waals surface area contributed by atoms with Gasteiger partial charge >= 0.3 is 0 Å². The number of hydrogen-bond acceptors (Lipinski definition) is 2. The minimum Gasteiger partial charge on any atom is -0.347 e. The van der Waals surface area contributed by atoms with Gasteiger partial charge in [0, 0.05) is 6.20 Å². The van der Waals surface area contributed by atoms with Gasteiger partial charge in [0.05, 0.1) is 17.7 Å². The summed E-state index contributed by atoms with van der Waals surface area (Å²) < 4.78 is 0. The van der Waals surface area contributed by atoms with Gasteiger partial charge in [-0.25, -0.2) is 0 Å². The smallest absolute Gasteiger partial charge is 0.227 e. The van der Waals surface area contributed by atoms with Crippen molar-refractivity contribution in [1.82, 2.24) is 10.3 Å². The Bertz CT molecular complexity index is 525. The molecule has 0 aliphatic rings. The van der Waals surface area contributed by atoms with Crippen LogP contribution in [0.2, 0.25) is 0 Å². The fraction of sp³-hybridized carbons (Fsp3) is 0.250. The van der Waals surface area contributed by atoms with E-state index in [-0.39, 0.29) is 17.9 Å². The van der Waals surface area contributed by atoms with Crippen molar-refractivity contribution in [2.45, 2.75) is 25.8 Å². The monoisotopic (exact) mass is 254 g/mol. The number of carbonyl (C=O) groups is 1. The van der Waals surface area contributed by atoms with Crippen molar-refractivity contribution >= 4 is 5.91 Å². The molecule has 2 rings (SSSR count). The first kappa shape index (κ1) is 13.3. The lowest BCUT2D eigenvalue weighted by atomic mass is 10.00. The molecule has 0 aliphatic heterocycles. The molecule has 0 spiro atoms. The molecule has 3 heteroatoms. The third kappa shape index (κ3) is 3.41. The van der Waals surface area contributed by atoms with E-state index in [9.17, 15) is 4.79 Å². The lowest BCUT2D eigenvalue weighted by Gasteiger charge is -2.17. The van der Waals surface area contributed by atoms with Crippen molar-refractivity contribution in [2.24, 2.45) is 0 Å². The van der Waals surface area contributed by atoms with Gasteiger partial charge in [-0.1, -0.05) is 36.4 Å². The lowest BCUT2D eigenvalue weighted by Crippen LogP contribution is -2.30. The number of carbonyl (C=O) groups excluding carboxylic acids is 1. The second kappa shape index (κ2) is 6.14. The molecule has 0 bridgehead atoms. The van der Waals surface area contributed by atoms with Crippen molar-refractivity contribution in [2.75, 3.05) is 0 Å². The van der Waals surface area contributed by atoms with Gasteiger partial charge in [-0.15, -0.1) is 0 Å². The highest BCUT2D eigenvalue weighted by molar-refractivity contribution is 5.83. The lowest BCUT2D eigenvalue weighted by molar-refractivity contribution is -0.122. The molecule has 0 radical (unpaired) electrons. The van der Waals surface area contributed by atoms with E-state index >= 15 is 0 Å². The normalized spacial score (nSPS) is 13.6. The standard InChI is InChI=1S/C16H18N2O/c1-12(14-8-4-3-5-9-14)16(19)18-13(2)15-10-6-7-11-17-15/h3-13H,1-2H3,(H,18,19)/t12-,13-/m0/s1. The van der Waals surface area contributed by atoms with Crippen LogP contribution >= 0.6 is 0 Å². The van der Waals surface area contributed by atoms with Crippen LogP contribution in [-0.2, 0) is 4.79 Å². The minimum atomic E-state index is -0.160. The van der Waals surface area contributed by atoms with Gasteiger partial charge in [0.25, 0.3) is 0 Å². The summed E-state index contributed by atoms with van der Waals surface area (Å²) >= 11 is 0. The maximum absolute atomic E-state index is 12.2. The van der Waals surface area contributed by atoms with Gasteiger partial charge in [0.15, 0.2) is 0 Å². The largest absolute Gasteiger partial charge is 0.347 e. The van der Waals surface area contributed by atoms with Crippen LogP contribution in [0.3, 0.4) is 0 Å². The molecule has 2 aromatic rings. The van der Waals surface area contributed by atoms with E-state index in [1.165, 1.54) is 0 Å². The quantitative estimate of drug-likeness (QED) is 0.911. The maximum atomic E-state index is 12.2. The summed E-state index contributed by atoms with van der Waals surface area (Å²) in [5.74, 6) is -0.142. The van der Waals surface area contributed by atoms with Crippen molar-refractivity contribution in [3.05, 3.63) is 66.0 Å². The van der Waals surface area contributed by atoms with E-state index in [0.717, 1.165) is 11.3 Å². The van der Waals surface area contributed by atoms with Gasteiger partial charge in [-0.05, 0) is 31.5 Å². The summed E-state index contributed by atoms with van der Waals surface area (Å²) in [5.41, 5.74) is 1.89. The molecule has 3 nitrogen and oxygen atoms in total. The molecule has 0 unspecified atom stereocenters. The van der Waals surface area contributed by atoms with Crippen LogP contribution in [0, 0.1) is 0 Å². The van der Waals surface area contributed by atoms with Crippen LogP contribution in [0.4, 0.5) is 0 Å². The highest BCUT2D eigenvalue weighted by Gasteiger charge is 2.17. The average molecular weight is 254 g/mol. The summed E-state index contributed by atoms with van der Waals surface area (Å²) in [6.45, 7) is 3.85. The first-order valence-corrected chi connectivity index (χ1v) is 6.44. The third-order valence-electron chi connectivity index (χ3n) is 3.18. The minimum absolute atomic E-state index is 0.0179. The number of benzene rings is 1. The van der Waals surface area contributed by atoms with Gasteiger partial charge in [-0.3, -0.25) is 9.78 Å². The molecule has 0 saturated heterocycles. The van der Waals surface area contributed by atoms with Crippen LogP contribution in [0.15, 0.2) is 54.7 Å². The molecule has 0 fully saturated rings. The molecule has 19 heavy (non-hydrogen) atoms. The number of nitrogens with zero attached hydrogens (tertiary/aromatic N) is 1. The van der Waals surface area contributed by atoms with Crippen LogP contribution < -0.4 is 5.32 Å². The molecule has 1 aromatic carbocycles. The van der Waals surface area contributed by atoms with Gasteiger partial charge in [0.2, 0.25) is 5.91 Å². The number of aromatic nitrogens is 1. The predicted octanol–water partition coefficient (Wildman–Crippen LogP) is 3.06. The first-order chi connectivity index (χ1) is 9.18. The topological polar surface area (TPSA) is 42.0 Å². The SMILES string of the molecule is C[C@H](NC(=O)[C@@H](C)c1ccccc1)c1ccccn1. The molecule has 2 atom stereocenters.